The van der Waals surface area contributed by atoms with Crippen molar-refractivity contribution < 1.29 is 4.42 Å². The molecule has 1 aromatic carbocycles. The molecular weight excluding hydrogens is 244 g/mol. The summed E-state index contributed by atoms with van der Waals surface area (Å²) >= 11 is 1.94. The normalized spacial score (nSPS) is 16.7. The molecule has 1 fully saturated rings. The molecule has 4 heteroatoms. The van der Waals surface area contributed by atoms with Crippen LogP contribution in [0.25, 0.3) is 11.1 Å². The number of hydrogen-bond donors (Lipinski definition) is 1. The molecule has 2 N–H and O–H groups in total. The van der Waals surface area contributed by atoms with E-state index in [9.17, 15) is 0 Å². The number of anilines is 1. The number of nitrogen functional groups attached to an aromatic ring is 1. The molecule has 0 radical (unpaired) electrons. The van der Waals surface area contributed by atoms with Crippen molar-refractivity contribution in [2.45, 2.75) is 31.4 Å². The van der Waals surface area contributed by atoms with E-state index in [1.54, 1.807) is 0 Å². The van der Waals surface area contributed by atoms with Crippen molar-refractivity contribution in [3.63, 3.8) is 0 Å². The molecule has 96 valence electrons. The standard InChI is InChI=1S/C14H18N2OS/c15-11-5-6-12-13(7-11)17-14(16-12)9-18-8-10-3-1-2-4-10/h5-7,10H,1-4,8-9,15H2. The van der Waals surface area contributed by atoms with E-state index >= 15 is 0 Å². The van der Waals surface area contributed by atoms with Gasteiger partial charge < -0.3 is 10.2 Å². The van der Waals surface area contributed by atoms with Gasteiger partial charge in [0.25, 0.3) is 0 Å². The first-order chi connectivity index (χ1) is 8.81. The van der Waals surface area contributed by atoms with Crippen molar-refractivity contribution in [1.82, 2.24) is 4.98 Å². The summed E-state index contributed by atoms with van der Waals surface area (Å²) in [6.07, 6.45) is 5.62. The minimum atomic E-state index is 0.726. The zero-order chi connectivity index (χ0) is 12.4. The van der Waals surface area contributed by atoms with Crippen molar-refractivity contribution >= 4 is 28.5 Å². The van der Waals surface area contributed by atoms with Crippen LogP contribution in [-0.2, 0) is 5.75 Å². The highest BCUT2D eigenvalue weighted by molar-refractivity contribution is 7.98. The highest BCUT2D eigenvalue weighted by Gasteiger charge is 2.15. The van der Waals surface area contributed by atoms with Gasteiger partial charge in [0, 0.05) is 11.8 Å². The number of oxazole rings is 1. The lowest BCUT2D eigenvalue weighted by Crippen LogP contribution is -1.96. The van der Waals surface area contributed by atoms with Gasteiger partial charge in [0.05, 0.1) is 5.75 Å². The third-order valence-electron chi connectivity index (χ3n) is 3.51. The summed E-state index contributed by atoms with van der Waals surface area (Å²) in [7, 11) is 0. The highest BCUT2D eigenvalue weighted by atomic mass is 32.2. The summed E-state index contributed by atoms with van der Waals surface area (Å²) in [6, 6.07) is 5.62. The lowest BCUT2D eigenvalue weighted by molar-refractivity contribution is 0.555. The third-order valence-corrected chi connectivity index (χ3v) is 4.67. The largest absolute Gasteiger partial charge is 0.440 e. The molecule has 1 aliphatic rings. The number of hydrogen-bond acceptors (Lipinski definition) is 4. The molecule has 0 saturated heterocycles. The summed E-state index contributed by atoms with van der Waals surface area (Å²) < 4.78 is 5.70. The van der Waals surface area contributed by atoms with E-state index in [1.807, 2.05) is 30.0 Å². The number of rotatable bonds is 4. The molecule has 18 heavy (non-hydrogen) atoms. The Morgan fingerprint density at radius 2 is 2.17 bits per heavy atom. The van der Waals surface area contributed by atoms with E-state index in [2.05, 4.69) is 4.98 Å². The fourth-order valence-electron chi connectivity index (χ4n) is 2.54. The van der Waals surface area contributed by atoms with E-state index in [1.165, 1.54) is 31.4 Å². The third kappa shape index (κ3) is 2.64. The second kappa shape index (κ2) is 5.22. The molecule has 0 atom stereocenters. The molecule has 1 aliphatic carbocycles. The van der Waals surface area contributed by atoms with Crippen LogP contribution in [0.3, 0.4) is 0 Å². The second-order valence-electron chi connectivity index (χ2n) is 5.00. The van der Waals surface area contributed by atoms with Crippen molar-refractivity contribution in [2.75, 3.05) is 11.5 Å². The first-order valence-electron chi connectivity index (χ1n) is 6.54. The number of thioether (sulfide) groups is 1. The minimum Gasteiger partial charge on any atom is -0.440 e. The van der Waals surface area contributed by atoms with Crippen LogP contribution < -0.4 is 5.73 Å². The Labute approximate surface area is 111 Å². The fraction of sp³-hybridized carbons (Fsp3) is 0.500. The van der Waals surface area contributed by atoms with Crippen LogP contribution in [0.4, 0.5) is 5.69 Å². The molecule has 0 amide bonds. The van der Waals surface area contributed by atoms with E-state index in [-0.39, 0.29) is 0 Å². The number of fused-ring (bicyclic) bond motifs is 1. The van der Waals surface area contributed by atoms with Gasteiger partial charge in [0.1, 0.15) is 5.52 Å². The lowest BCUT2D eigenvalue weighted by atomic mass is 10.1. The Bertz CT molecular complexity index is 532. The quantitative estimate of drug-likeness (QED) is 0.851. The van der Waals surface area contributed by atoms with Crippen LogP contribution >= 0.6 is 11.8 Å². The van der Waals surface area contributed by atoms with Gasteiger partial charge >= 0.3 is 0 Å². The predicted octanol–water partition coefficient (Wildman–Crippen LogP) is 3.83. The van der Waals surface area contributed by atoms with E-state index in [0.717, 1.165) is 34.3 Å². The summed E-state index contributed by atoms with van der Waals surface area (Å²) in [5, 5.41) is 0. The van der Waals surface area contributed by atoms with E-state index in [4.69, 9.17) is 10.2 Å². The molecule has 2 aromatic rings. The van der Waals surface area contributed by atoms with Crippen LogP contribution in [0.5, 0.6) is 0 Å². The Morgan fingerprint density at radius 1 is 1.33 bits per heavy atom. The average molecular weight is 262 g/mol. The molecular formula is C14H18N2OS. The van der Waals surface area contributed by atoms with Crippen LogP contribution in [0.1, 0.15) is 31.6 Å². The average Bonchev–Trinajstić information content (AvgIpc) is 2.97. The maximum absolute atomic E-state index is 5.72. The second-order valence-corrected chi connectivity index (χ2v) is 6.03. The van der Waals surface area contributed by atoms with Gasteiger partial charge in [-0.2, -0.15) is 11.8 Å². The van der Waals surface area contributed by atoms with Crippen LogP contribution in [0.2, 0.25) is 0 Å². The van der Waals surface area contributed by atoms with Gasteiger partial charge in [-0.05, 0) is 36.6 Å². The molecule has 0 bridgehead atoms. The number of benzene rings is 1. The van der Waals surface area contributed by atoms with E-state index in [0.29, 0.717) is 0 Å². The van der Waals surface area contributed by atoms with Crippen LogP contribution in [0, 0.1) is 5.92 Å². The van der Waals surface area contributed by atoms with Crippen molar-refractivity contribution in [2.24, 2.45) is 5.92 Å². The van der Waals surface area contributed by atoms with E-state index < -0.39 is 0 Å². The number of nitrogens with zero attached hydrogens (tertiary/aromatic N) is 1. The molecule has 1 heterocycles. The van der Waals surface area contributed by atoms with Crippen LogP contribution in [0.15, 0.2) is 22.6 Å². The topological polar surface area (TPSA) is 52.0 Å². The van der Waals surface area contributed by atoms with Gasteiger partial charge in [0.15, 0.2) is 5.58 Å². The Hall–Kier alpha value is -1.16. The molecule has 0 aliphatic heterocycles. The molecule has 1 saturated carbocycles. The SMILES string of the molecule is Nc1ccc2nc(CSCC3CCCC3)oc2c1. The predicted molar refractivity (Wildman–Crippen MR) is 76.5 cm³/mol. The van der Waals surface area contributed by atoms with Crippen LogP contribution in [-0.4, -0.2) is 10.7 Å². The molecule has 3 rings (SSSR count). The van der Waals surface area contributed by atoms with Crippen molar-refractivity contribution in [3.05, 3.63) is 24.1 Å². The first-order valence-corrected chi connectivity index (χ1v) is 7.69. The maximum Gasteiger partial charge on any atom is 0.205 e. The van der Waals surface area contributed by atoms with Crippen molar-refractivity contribution in [1.29, 1.82) is 0 Å². The Kier molecular flexibility index (Phi) is 3.46. The van der Waals surface area contributed by atoms with Gasteiger partial charge in [0.2, 0.25) is 5.89 Å². The van der Waals surface area contributed by atoms with Gasteiger partial charge in [-0.1, -0.05) is 12.8 Å². The summed E-state index contributed by atoms with van der Waals surface area (Å²) in [5.41, 5.74) is 8.15. The molecule has 3 nitrogen and oxygen atoms in total. The molecule has 0 unspecified atom stereocenters. The molecule has 1 aromatic heterocycles. The minimum absolute atomic E-state index is 0.726. The molecule has 0 spiro atoms. The Balaban J connectivity index is 1.60. The zero-order valence-electron chi connectivity index (χ0n) is 10.4. The number of aromatic nitrogens is 1. The summed E-state index contributed by atoms with van der Waals surface area (Å²) in [6.45, 7) is 0. The fourth-order valence-corrected chi connectivity index (χ4v) is 3.62. The first kappa shape index (κ1) is 11.9. The van der Waals surface area contributed by atoms with Gasteiger partial charge in [-0.25, -0.2) is 4.98 Å². The number of nitrogens with two attached hydrogens (primary N) is 1. The summed E-state index contributed by atoms with van der Waals surface area (Å²) in [5.74, 6) is 3.83. The van der Waals surface area contributed by atoms with Gasteiger partial charge in [-0.3, -0.25) is 0 Å². The van der Waals surface area contributed by atoms with Gasteiger partial charge in [-0.15, -0.1) is 0 Å². The Morgan fingerprint density at radius 3 is 3.00 bits per heavy atom. The summed E-state index contributed by atoms with van der Waals surface area (Å²) in [4.78, 5) is 4.47. The monoisotopic (exact) mass is 262 g/mol. The van der Waals surface area contributed by atoms with Crippen molar-refractivity contribution in [3.8, 4) is 0 Å². The highest BCUT2D eigenvalue weighted by Crippen LogP contribution is 2.29. The smallest absolute Gasteiger partial charge is 0.205 e. The maximum atomic E-state index is 5.72. The zero-order valence-corrected chi connectivity index (χ0v) is 11.2. The lowest BCUT2D eigenvalue weighted by Gasteiger charge is -2.05.